The van der Waals surface area contributed by atoms with Crippen LogP contribution in [-0.4, -0.2) is 5.78 Å². The van der Waals surface area contributed by atoms with Gasteiger partial charge in [-0.2, -0.15) is 0 Å². The molecule has 0 aromatic rings. The quantitative estimate of drug-likeness (QED) is 0.571. The molecule has 0 amide bonds. The second-order valence-corrected chi connectivity index (χ2v) is 6.24. The average molecular weight is 238 g/mol. The predicted molar refractivity (Wildman–Crippen MR) is 74.1 cm³/mol. The number of rotatable bonds is 7. The first kappa shape index (κ1) is 14.7. The first-order valence-electron chi connectivity index (χ1n) is 7.66. The zero-order chi connectivity index (χ0) is 12.7. The lowest BCUT2D eigenvalue weighted by molar-refractivity contribution is -0.124. The molecule has 0 bridgehead atoms. The van der Waals surface area contributed by atoms with Crippen molar-refractivity contribution in [3.8, 4) is 0 Å². The van der Waals surface area contributed by atoms with Gasteiger partial charge in [-0.15, -0.1) is 0 Å². The minimum atomic E-state index is 0.389. The predicted octanol–water partition coefficient (Wildman–Crippen LogP) is 4.99. The van der Waals surface area contributed by atoms with E-state index in [-0.39, 0.29) is 0 Å². The van der Waals surface area contributed by atoms with Crippen LogP contribution in [0.1, 0.15) is 78.6 Å². The summed E-state index contributed by atoms with van der Waals surface area (Å²) < 4.78 is 0. The minimum Gasteiger partial charge on any atom is -0.299 e. The number of carbonyl (C=O) groups is 1. The van der Waals surface area contributed by atoms with Gasteiger partial charge in [-0.3, -0.25) is 4.79 Å². The Morgan fingerprint density at radius 1 is 0.941 bits per heavy atom. The average Bonchev–Trinajstić information content (AvgIpc) is 2.27. The maximum Gasteiger partial charge on any atom is 0.135 e. The lowest BCUT2D eigenvalue weighted by Crippen LogP contribution is -2.25. The van der Waals surface area contributed by atoms with Crippen LogP contribution in [0.2, 0.25) is 0 Å². The standard InChI is InChI=1S/C16H30O/c1-4-5-6-7-8-9-16(17)15-11-13(2)10-14(3)12-15/h13-15H,4-12H2,1-3H3. The van der Waals surface area contributed by atoms with Gasteiger partial charge in [0, 0.05) is 12.3 Å². The molecular weight excluding hydrogens is 208 g/mol. The zero-order valence-electron chi connectivity index (χ0n) is 12.0. The molecule has 1 saturated carbocycles. The van der Waals surface area contributed by atoms with Gasteiger partial charge in [0.15, 0.2) is 0 Å². The van der Waals surface area contributed by atoms with Crippen LogP contribution in [0.25, 0.3) is 0 Å². The van der Waals surface area contributed by atoms with Crippen molar-refractivity contribution in [3.05, 3.63) is 0 Å². The third-order valence-corrected chi connectivity index (χ3v) is 4.16. The maximum atomic E-state index is 12.1. The number of carbonyl (C=O) groups excluding carboxylic acids is 1. The second-order valence-electron chi connectivity index (χ2n) is 6.24. The molecule has 0 aliphatic heterocycles. The topological polar surface area (TPSA) is 17.1 Å². The normalized spacial score (nSPS) is 29.2. The maximum absolute atomic E-state index is 12.1. The molecule has 0 spiro atoms. The van der Waals surface area contributed by atoms with E-state index in [0.717, 1.165) is 37.5 Å². The summed E-state index contributed by atoms with van der Waals surface area (Å²) in [7, 11) is 0. The highest BCUT2D eigenvalue weighted by Gasteiger charge is 2.28. The van der Waals surface area contributed by atoms with Crippen LogP contribution in [0, 0.1) is 17.8 Å². The first-order chi connectivity index (χ1) is 8.13. The van der Waals surface area contributed by atoms with Crippen LogP contribution in [0.5, 0.6) is 0 Å². The number of unbranched alkanes of at least 4 members (excludes halogenated alkanes) is 4. The van der Waals surface area contributed by atoms with Crippen molar-refractivity contribution >= 4 is 5.78 Å². The molecule has 1 rings (SSSR count). The first-order valence-corrected chi connectivity index (χ1v) is 7.66. The van der Waals surface area contributed by atoms with E-state index in [0.29, 0.717) is 11.7 Å². The number of Topliss-reactive ketones (excluding diaryl/α,β-unsaturated/α-hetero) is 1. The molecule has 1 aliphatic rings. The van der Waals surface area contributed by atoms with Crippen molar-refractivity contribution in [2.45, 2.75) is 78.6 Å². The van der Waals surface area contributed by atoms with Gasteiger partial charge in [0.25, 0.3) is 0 Å². The molecule has 0 saturated heterocycles. The van der Waals surface area contributed by atoms with E-state index in [9.17, 15) is 4.79 Å². The van der Waals surface area contributed by atoms with Gasteiger partial charge >= 0.3 is 0 Å². The molecule has 1 nitrogen and oxygen atoms in total. The monoisotopic (exact) mass is 238 g/mol. The third-order valence-electron chi connectivity index (χ3n) is 4.16. The molecule has 0 N–H and O–H groups in total. The van der Waals surface area contributed by atoms with E-state index in [2.05, 4.69) is 20.8 Å². The Balaban J connectivity index is 2.18. The van der Waals surface area contributed by atoms with Gasteiger partial charge in [-0.25, -0.2) is 0 Å². The van der Waals surface area contributed by atoms with Crippen LogP contribution < -0.4 is 0 Å². The number of hydrogen-bond acceptors (Lipinski definition) is 1. The van der Waals surface area contributed by atoms with Gasteiger partial charge in [0.1, 0.15) is 5.78 Å². The molecular formula is C16H30O. The van der Waals surface area contributed by atoms with Gasteiger partial charge < -0.3 is 0 Å². The van der Waals surface area contributed by atoms with Gasteiger partial charge in [0.2, 0.25) is 0 Å². The highest BCUT2D eigenvalue weighted by Crippen LogP contribution is 2.34. The zero-order valence-corrected chi connectivity index (χ0v) is 12.0. The molecule has 0 aromatic carbocycles. The Bertz CT molecular complexity index is 212. The van der Waals surface area contributed by atoms with Crippen molar-refractivity contribution in [1.82, 2.24) is 0 Å². The lowest BCUT2D eigenvalue weighted by atomic mass is 9.74. The van der Waals surface area contributed by atoms with E-state index in [1.54, 1.807) is 0 Å². The second kappa shape index (κ2) is 7.89. The summed E-state index contributed by atoms with van der Waals surface area (Å²) >= 11 is 0. The van der Waals surface area contributed by atoms with E-state index in [4.69, 9.17) is 0 Å². The van der Waals surface area contributed by atoms with Crippen molar-refractivity contribution in [1.29, 1.82) is 0 Å². The number of ketones is 1. The lowest BCUT2D eigenvalue weighted by Gasteiger charge is -2.30. The Morgan fingerprint density at radius 2 is 1.53 bits per heavy atom. The smallest absolute Gasteiger partial charge is 0.135 e. The van der Waals surface area contributed by atoms with Crippen molar-refractivity contribution < 1.29 is 4.79 Å². The van der Waals surface area contributed by atoms with E-state index in [1.165, 1.54) is 32.1 Å². The van der Waals surface area contributed by atoms with Crippen molar-refractivity contribution in [3.63, 3.8) is 0 Å². The molecule has 17 heavy (non-hydrogen) atoms. The molecule has 100 valence electrons. The molecule has 0 radical (unpaired) electrons. The molecule has 1 aliphatic carbocycles. The minimum absolute atomic E-state index is 0.389. The van der Waals surface area contributed by atoms with Crippen LogP contribution in [0.15, 0.2) is 0 Å². The fourth-order valence-corrected chi connectivity index (χ4v) is 3.32. The number of hydrogen-bond donors (Lipinski definition) is 0. The van der Waals surface area contributed by atoms with E-state index >= 15 is 0 Å². The summed E-state index contributed by atoms with van der Waals surface area (Å²) in [5.41, 5.74) is 0. The van der Waals surface area contributed by atoms with Crippen LogP contribution in [-0.2, 0) is 4.79 Å². The molecule has 2 unspecified atom stereocenters. The molecule has 0 heterocycles. The van der Waals surface area contributed by atoms with Crippen LogP contribution in [0.3, 0.4) is 0 Å². The summed E-state index contributed by atoms with van der Waals surface area (Å²) in [6.07, 6.45) is 10.7. The third kappa shape index (κ3) is 5.70. The Hall–Kier alpha value is -0.330. The summed E-state index contributed by atoms with van der Waals surface area (Å²) in [5, 5.41) is 0. The van der Waals surface area contributed by atoms with Gasteiger partial charge in [-0.05, 0) is 37.5 Å². The molecule has 0 aromatic heterocycles. The molecule has 1 heteroatoms. The summed E-state index contributed by atoms with van der Waals surface area (Å²) in [6.45, 7) is 6.84. The Labute approximate surface area is 107 Å². The van der Waals surface area contributed by atoms with Gasteiger partial charge in [0.05, 0.1) is 0 Å². The molecule has 1 fully saturated rings. The van der Waals surface area contributed by atoms with Crippen molar-refractivity contribution in [2.24, 2.45) is 17.8 Å². The largest absolute Gasteiger partial charge is 0.299 e. The van der Waals surface area contributed by atoms with Crippen molar-refractivity contribution in [2.75, 3.05) is 0 Å². The highest BCUT2D eigenvalue weighted by molar-refractivity contribution is 5.81. The van der Waals surface area contributed by atoms with Crippen LogP contribution in [0.4, 0.5) is 0 Å². The highest BCUT2D eigenvalue weighted by atomic mass is 16.1. The van der Waals surface area contributed by atoms with E-state index in [1.807, 2.05) is 0 Å². The summed E-state index contributed by atoms with van der Waals surface area (Å²) in [5.74, 6) is 2.46. The fraction of sp³-hybridized carbons (Fsp3) is 0.938. The summed E-state index contributed by atoms with van der Waals surface area (Å²) in [4.78, 5) is 12.1. The SMILES string of the molecule is CCCCCCCC(=O)C1CC(C)CC(C)C1. The Morgan fingerprint density at radius 3 is 2.12 bits per heavy atom. The van der Waals surface area contributed by atoms with Gasteiger partial charge in [-0.1, -0.05) is 46.5 Å². The molecule has 2 atom stereocenters. The fourth-order valence-electron chi connectivity index (χ4n) is 3.32. The van der Waals surface area contributed by atoms with Crippen LogP contribution >= 0.6 is 0 Å². The summed E-state index contributed by atoms with van der Waals surface area (Å²) in [6, 6.07) is 0. The van der Waals surface area contributed by atoms with E-state index < -0.39 is 0 Å². The Kier molecular flexibility index (Phi) is 6.84.